The summed E-state index contributed by atoms with van der Waals surface area (Å²) in [6, 6.07) is 0.684. The second-order valence-corrected chi connectivity index (χ2v) is 6.21. The Morgan fingerprint density at radius 2 is 1.95 bits per heavy atom. The Balaban J connectivity index is 1.68. The van der Waals surface area contributed by atoms with E-state index in [0.29, 0.717) is 13.1 Å². The Bertz CT molecular complexity index is 304. The Labute approximate surface area is 128 Å². The smallest absolute Gasteiger partial charge is 0.314 e. The monoisotopic (exact) mass is 297 g/mol. The van der Waals surface area contributed by atoms with Gasteiger partial charge in [-0.2, -0.15) is 0 Å². The van der Waals surface area contributed by atoms with Gasteiger partial charge in [0.05, 0.1) is 12.7 Å². The van der Waals surface area contributed by atoms with E-state index in [1.165, 1.54) is 38.5 Å². The van der Waals surface area contributed by atoms with E-state index in [9.17, 15) is 4.79 Å². The van der Waals surface area contributed by atoms with Crippen LogP contribution in [0, 0.1) is 0 Å². The molecule has 0 aromatic carbocycles. The molecule has 1 saturated heterocycles. The highest BCUT2D eigenvalue weighted by Crippen LogP contribution is 2.23. The predicted octanol–water partition coefficient (Wildman–Crippen LogP) is 2.12. The summed E-state index contributed by atoms with van der Waals surface area (Å²) in [6.45, 7) is 6.22. The summed E-state index contributed by atoms with van der Waals surface area (Å²) < 4.78 is 5.86. The molecule has 1 heterocycles. The zero-order valence-corrected chi connectivity index (χ0v) is 13.4. The van der Waals surface area contributed by atoms with Crippen molar-refractivity contribution in [2.24, 2.45) is 0 Å². The number of hydrogen-bond acceptors (Lipinski definition) is 3. The van der Waals surface area contributed by atoms with Gasteiger partial charge in [0.2, 0.25) is 0 Å². The molecule has 1 aliphatic carbocycles. The molecule has 0 radical (unpaired) electrons. The van der Waals surface area contributed by atoms with E-state index >= 15 is 0 Å². The first kappa shape index (κ1) is 16.6. The van der Waals surface area contributed by atoms with Crippen LogP contribution >= 0.6 is 0 Å². The van der Waals surface area contributed by atoms with Gasteiger partial charge in [0, 0.05) is 32.2 Å². The molecule has 1 saturated carbocycles. The van der Waals surface area contributed by atoms with Crippen LogP contribution in [0.1, 0.15) is 51.9 Å². The number of morpholine rings is 1. The minimum absolute atomic E-state index is 0.0751. The number of carbonyl (C=O) groups is 1. The summed E-state index contributed by atoms with van der Waals surface area (Å²) in [5, 5.41) is 5.64. The largest absolute Gasteiger partial charge is 0.375 e. The quantitative estimate of drug-likeness (QED) is 0.764. The Morgan fingerprint density at radius 1 is 1.19 bits per heavy atom. The molecule has 2 rings (SSSR count). The van der Waals surface area contributed by atoms with Crippen molar-refractivity contribution in [2.75, 3.05) is 32.8 Å². The van der Waals surface area contributed by atoms with E-state index < -0.39 is 0 Å². The van der Waals surface area contributed by atoms with Crippen LogP contribution in [0.4, 0.5) is 4.79 Å². The summed E-state index contributed by atoms with van der Waals surface area (Å²) >= 11 is 0. The highest BCUT2D eigenvalue weighted by atomic mass is 16.5. The topological polar surface area (TPSA) is 53.6 Å². The van der Waals surface area contributed by atoms with Crippen molar-refractivity contribution < 1.29 is 9.53 Å². The number of hydrogen-bond donors (Lipinski definition) is 2. The molecule has 5 nitrogen and oxygen atoms in total. The van der Waals surface area contributed by atoms with Crippen molar-refractivity contribution >= 4 is 6.03 Å². The maximum Gasteiger partial charge on any atom is 0.314 e. The standard InChI is InChI=1S/C16H31N3O2/c1-2-17-16(20)18-10-9-15-13-19(11-12-21-15)14-7-5-3-4-6-8-14/h14-15H,2-13H2,1H3,(H2,17,18,20)/t15-/m1/s1. The minimum Gasteiger partial charge on any atom is -0.375 e. The molecule has 1 atom stereocenters. The van der Waals surface area contributed by atoms with Gasteiger partial charge in [0.1, 0.15) is 0 Å². The second kappa shape index (κ2) is 9.26. The molecule has 0 unspecified atom stereocenters. The number of urea groups is 1. The molecule has 0 aromatic heterocycles. The molecule has 122 valence electrons. The maximum absolute atomic E-state index is 11.4. The van der Waals surface area contributed by atoms with Crippen LogP contribution < -0.4 is 10.6 Å². The Morgan fingerprint density at radius 3 is 2.67 bits per heavy atom. The van der Waals surface area contributed by atoms with Gasteiger partial charge in [-0.3, -0.25) is 4.90 Å². The minimum atomic E-state index is -0.0751. The first-order valence-corrected chi connectivity index (χ1v) is 8.67. The molecule has 0 spiro atoms. The van der Waals surface area contributed by atoms with Crippen molar-refractivity contribution in [3.05, 3.63) is 0 Å². The molecule has 2 N–H and O–H groups in total. The molecule has 1 aliphatic heterocycles. The first-order chi connectivity index (χ1) is 10.3. The fraction of sp³-hybridized carbons (Fsp3) is 0.938. The van der Waals surface area contributed by atoms with Crippen LogP contribution in [-0.2, 0) is 4.74 Å². The average Bonchev–Trinajstić information content (AvgIpc) is 2.77. The number of carbonyl (C=O) groups excluding carboxylic acids is 1. The molecule has 0 aromatic rings. The number of ether oxygens (including phenoxy) is 1. The number of amides is 2. The van der Waals surface area contributed by atoms with Crippen molar-refractivity contribution in [1.29, 1.82) is 0 Å². The average molecular weight is 297 g/mol. The summed E-state index contributed by atoms with van der Waals surface area (Å²) in [5.74, 6) is 0. The van der Waals surface area contributed by atoms with E-state index in [1.54, 1.807) is 0 Å². The molecule has 5 heteroatoms. The number of rotatable bonds is 5. The number of nitrogens with one attached hydrogen (secondary N) is 2. The van der Waals surface area contributed by atoms with Crippen LogP contribution in [-0.4, -0.2) is 55.9 Å². The highest BCUT2D eigenvalue weighted by Gasteiger charge is 2.26. The van der Waals surface area contributed by atoms with Crippen molar-refractivity contribution in [3.63, 3.8) is 0 Å². The van der Waals surface area contributed by atoms with Gasteiger partial charge in [-0.1, -0.05) is 25.7 Å². The molecule has 2 aliphatic rings. The molecule has 21 heavy (non-hydrogen) atoms. The molecule has 0 bridgehead atoms. The van der Waals surface area contributed by atoms with E-state index in [4.69, 9.17) is 4.74 Å². The SMILES string of the molecule is CCNC(=O)NCC[C@@H]1CN(C2CCCCCC2)CCO1. The van der Waals surface area contributed by atoms with Crippen molar-refractivity contribution in [3.8, 4) is 0 Å². The van der Waals surface area contributed by atoms with Gasteiger partial charge >= 0.3 is 6.03 Å². The normalized spacial score (nSPS) is 25.3. The van der Waals surface area contributed by atoms with Crippen molar-refractivity contribution in [2.45, 2.75) is 64.0 Å². The van der Waals surface area contributed by atoms with E-state index in [0.717, 1.165) is 32.2 Å². The summed E-state index contributed by atoms with van der Waals surface area (Å²) in [5.41, 5.74) is 0. The molecule has 2 fully saturated rings. The molecular weight excluding hydrogens is 266 g/mol. The summed E-state index contributed by atoms with van der Waals surface area (Å²) in [7, 11) is 0. The van der Waals surface area contributed by atoms with Gasteiger partial charge in [-0.05, 0) is 26.2 Å². The van der Waals surface area contributed by atoms with E-state index in [2.05, 4.69) is 15.5 Å². The molecular formula is C16H31N3O2. The van der Waals surface area contributed by atoms with E-state index in [-0.39, 0.29) is 12.1 Å². The maximum atomic E-state index is 11.4. The number of nitrogens with zero attached hydrogens (tertiary/aromatic N) is 1. The lowest BCUT2D eigenvalue weighted by Crippen LogP contribution is -2.48. The van der Waals surface area contributed by atoms with Crippen molar-refractivity contribution in [1.82, 2.24) is 15.5 Å². The van der Waals surface area contributed by atoms with Gasteiger partial charge < -0.3 is 15.4 Å². The van der Waals surface area contributed by atoms with Crippen LogP contribution in [0.5, 0.6) is 0 Å². The second-order valence-electron chi connectivity index (χ2n) is 6.21. The van der Waals surface area contributed by atoms with Gasteiger partial charge in [0.15, 0.2) is 0 Å². The van der Waals surface area contributed by atoms with Gasteiger partial charge in [-0.25, -0.2) is 4.79 Å². The third-order valence-electron chi connectivity index (χ3n) is 4.60. The van der Waals surface area contributed by atoms with E-state index in [1.807, 2.05) is 6.92 Å². The summed E-state index contributed by atoms with van der Waals surface area (Å²) in [6.07, 6.45) is 9.44. The third-order valence-corrected chi connectivity index (χ3v) is 4.60. The summed E-state index contributed by atoms with van der Waals surface area (Å²) in [4.78, 5) is 14.0. The van der Waals surface area contributed by atoms with Crippen LogP contribution in [0.2, 0.25) is 0 Å². The fourth-order valence-electron chi connectivity index (χ4n) is 3.44. The lowest BCUT2D eigenvalue weighted by molar-refractivity contribution is -0.0477. The molecule has 2 amide bonds. The van der Waals surface area contributed by atoms with Crippen LogP contribution in [0.3, 0.4) is 0 Å². The highest BCUT2D eigenvalue weighted by molar-refractivity contribution is 5.73. The lowest BCUT2D eigenvalue weighted by atomic mass is 10.1. The lowest BCUT2D eigenvalue weighted by Gasteiger charge is -2.38. The van der Waals surface area contributed by atoms with Crippen LogP contribution in [0.15, 0.2) is 0 Å². The predicted molar refractivity (Wildman–Crippen MR) is 84.5 cm³/mol. The third kappa shape index (κ3) is 5.83. The van der Waals surface area contributed by atoms with Gasteiger partial charge in [0.25, 0.3) is 0 Å². The Kier molecular flexibility index (Phi) is 7.30. The first-order valence-electron chi connectivity index (χ1n) is 8.67. The van der Waals surface area contributed by atoms with Crippen LogP contribution in [0.25, 0.3) is 0 Å². The zero-order chi connectivity index (χ0) is 14.9. The fourth-order valence-corrected chi connectivity index (χ4v) is 3.44. The van der Waals surface area contributed by atoms with Gasteiger partial charge in [-0.15, -0.1) is 0 Å². The zero-order valence-electron chi connectivity index (χ0n) is 13.4. The Hall–Kier alpha value is -0.810.